The van der Waals surface area contributed by atoms with Crippen molar-refractivity contribution in [3.05, 3.63) is 29.8 Å². The Morgan fingerprint density at radius 2 is 1.44 bits per heavy atom. The van der Waals surface area contributed by atoms with Gasteiger partial charge in [0.25, 0.3) is 10.0 Å². The first-order chi connectivity index (χ1) is 11.6. The molecule has 0 atom stereocenters. The fourth-order valence-corrected chi connectivity index (χ4v) is 15.3. The maximum atomic E-state index is 13.0. The lowest BCUT2D eigenvalue weighted by Crippen LogP contribution is -2.10. The zero-order valence-electron chi connectivity index (χ0n) is 16.3. The molecular formula is C17H31NO4P2S. The topological polar surface area (TPSA) is 65.0 Å². The molecule has 0 aliphatic rings. The van der Waals surface area contributed by atoms with E-state index >= 15 is 0 Å². The Hall–Kier alpha value is -0.250. The summed E-state index contributed by atoms with van der Waals surface area (Å²) >= 11 is 0. The maximum absolute atomic E-state index is 13.0. The molecule has 0 N–H and O–H groups in total. The van der Waals surface area contributed by atoms with E-state index in [2.05, 4.69) is 31.8 Å². The first kappa shape index (κ1) is 22.8. The van der Waals surface area contributed by atoms with Crippen LogP contribution in [0.15, 0.2) is 33.3 Å². The highest BCUT2D eigenvalue weighted by molar-refractivity contribution is 8.31. The number of benzene rings is 1. The molecule has 0 amide bonds. The summed E-state index contributed by atoms with van der Waals surface area (Å²) in [5.74, 6) is 0. The molecule has 0 saturated heterocycles. The summed E-state index contributed by atoms with van der Waals surface area (Å²) in [7, 11) is -7.64. The molecular weight excluding hydrogens is 376 g/mol. The van der Waals surface area contributed by atoms with Crippen molar-refractivity contribution in [3.8, 4) is 0 Å². The standard InChI is InChI=1S/C17H31NO4P2S/c1-8-21-24(22-9-2,23(14(3)4)15(5)6)18-25(19,20)17-12-10-16(7)11-13-17/h10-15H,8-9H2,1-7H3. The molecule has 5 nitrogen and oxygen atoms in total. The average molecular weight is 407 g/mol. The van der Waals surface area contributed by atoms with Gasteiger partial charge in [0.2, 0.25) is 7.20 Å². The predicted octanol–water partition coefficient (Wildman–Crippen LogP) is 6.00. The molecule has 25 heavy (non-hydrogen) atoms. The van der Waals surface area contributed by atoms with Gasteiger partial charge in [-0.2, -0.15) is 8.42 Å². The summed E-state index contributed by atoms with van der Waals surface area (Å²) < 4.78 is 42.3. The normalized spacial score (nSPS) is 13.0. The minimum Gasteiger partial charge on any atom is -0.320 e. The van der Waals surface area contributed by atoms with Crippen LogP contribution in [0.1, 0.15) is 47.1 Å². The van der Waals surface area contributed by atoms with Gasteiger partial charge >= 0.3 is 0 Å². The van der Waals surface area contributed by atoms with Gasteiger partial charge in [0.05, 0.1) is 18.1 Å². The summed E-state index contributed by atoms with van der Waals surface area (Å²) in [4.78, 5) is 0.185. The van der Waals surface area contributed by atoms with Gasteiger partial charge in [-0.05, 0) is 51.8 Å². The summed E-state index contributed by atoms with van der Waals surface area (Å²) in [5.41, 5.74) is 1.50. The molecule has 0 bridgehead atoms. The third-order valence-electron chi connectivity index (χ3n) is 3.47. The molecule has 0 spiro atoms. The molecule has 0 saturated carbocycles. The second kappa shape index (κ2) is 9.62. The predicted molar refractivity (Wildman–Crippen MR) is 108 cm³/mol. The fraction of sp³-hybridized carbons (Fsp3) is 0.647. The van der Waals surface area contributed by atoms with Crippen LogP contribution in [0.2, 0.25) is 0 Å². The number of sulfonamides is 1. The molecule has 0 radical (unpaired) electrons. The van der Waals surface area contributed by atoms with Crippen molar-refractivity contribution in [3.63, 3.8) is 0 Å². The third kappa shape index (κ3) is 5.87. The maximum Gasteiger partial charge on any atom is 0.285 e. The average Bonchev–Trinajstić information content (AvgIpc) is 2.46. The van der Waals surface area contributed by atoms with Crippen LogP contribution in [0.4, 0.5) is 0 Å². The summed E-state index contributed by atoms with van der Waals surface area (Å²) in [6.45, 7) is 14.7. The van der Waals surface area contributed by atoms with E-state index in [-0.39, 0.29) is 16.2 Å². The molecule has 0 aliphatic carbocycles. The second-order valence-electron chi connectivity index (χ2n) is 6.26. The van der Waals surface area contributed by atoms with Gasteiger partial charge in [0, 0.05) is 0 Å². The second-order valence-corrected chi connectivity index (χ2v) is 15.6. The molecule has 0 aromatic heterocycles. The lowest BCUT2D eigenvalue weighted by molar-refractivity contribution is 0.272. The van der Waals surface area contributed by atoms with Crippen LogP contribution >= 0.6 is 14.8 Å². The van der Waals surface area contributed by atoms with E-state index in [0.29, 0.717) is 13.2 Å². The molecule has 1 aromatic carbocycles. The van der Waals surface area contributed by atoms with E-state index in [0.717, 1.165) is 5.56 Å². The highest BCUT2D eigenvalue weighted by Gasteiger charge is 2.39. The Kier molecular flexibility index (Phi) is 8.77. The number of hydrogen-bond acceptors (Lipinski definition) is 4. The minimum atomic E-state index is -3.85. The Morgan fingerprint density at radius 3 is 1.80 bits per heavy atom. The van der Waals surface area contributed by atoms with Crippen molar-refractivity contribution < 1.29 is 17.5 Å². The molecule has 0 fully saturated rings. The van der Waals surface area contributed by atoms with Crippen molar-refractivity contribution in [2.45, 2.75) is 64.7 Å². The Morgan fingerprint density at radius 1 is 1.00 bits per heavy atom. The zero-order chi connectivity index (χ0) is 19.3. The van der Waals surface area contributed by atoms with Crippen LogP contribution in [-0.4, -0.2) is 32.9 Å². The molecule has 8 heteroatoms. The first-order valence-electron chi connectivity index (χ1n) is 8.62. The minimum absolute atomic E-state index is 0.185. The molecule has 0 aliphatic heterocycles. The first-order valence-corrected chi connectivity index (χ1v) is 13.8. The Labute approximate surface area is 154 Å². The van der Waals surface area contributed by atoms with E-state index in [1.54, 1.807) is 24.3 Å². The van der Waals surface area contributed by atoms with Crippen molar-refractivity contribution in [2.24, 2.45) is 4.15 Å². The monoisotopic (exact) mass is 407 g/mol. The Bertz CT molecular complexity index is 682. The van der Waals surface area contributed by atoms with Gasteiger partial charge in [0.15, 0.2) is 0 Å². The van der Waals surface area contributed by atoms with Crippen molar-refractivity contribution in [2.75, 3.05) is 13.2 Å². The summed E-state index contributed by atoms with van der Waals surface area (Å²) in [6, 6.07) is 6.73. The molecule has 144 valence electrons. The van der Waals surface area contributed by atoms with E-state index in [1.165, 1.54) is 0 Å². The van der Waals surface area contributed by atoms with E-state index < -0.39 is 24.8 Å². The Balaban J connectivity index is 3.63. The van der Waals surface area contributed by atoms with Gasteiger partial charge in [-0.25, -0.2) is 0 Å². The van der Waals surface area contributed by atoms with E-state index in [1.807, 2.05) is 20.8 Å². The SMILES string of the molecule is CCOP(=NS(=O)(=O)c1ccc(C)cc1)(OCC)P(C(C)C)C(C)C. The zero-order valence-corrected chi connectivity index (χ0v) is 18.9. The van der Waals surface area contributed by atoms with Crippen LogP contribution < -0.4 is 0 Å². The molecule has 0 heterocycles. The smallest absolute Gasteiger partial charge is 0.285 e. The van der Waals surface area contributed by atoms with Crippen LogP contribution in [0, 0.1) is 6.92 Å². The van der Waals surface area contributed by atoms with E-state index in [9.17, 15) is 8.42 Å². The summed E-state index contributed by atoms with van der Waals surface area (Å²) in [5, 5.41) is 0. The van der Waals surface area contributed by atoms with Gasteiger partial charge in [-0.3, -0.25) is 0 Å². The third-order valence-corrected chi connectivity index (χ3v) is 15.8. The van der Waals surface area contributed by atoms with Gasteiger partial charge in [0.1, 0.15) is 0 Å². The number of aryl methyl sites for hydroxylation is 1. The van der Waals surface area contributed by atoms with Crippen LogP contribution in [-0.2, 0) is 19.1 Å². The molecule has 0 unspecified atom stereocenters. The lowest BCUT2D eigenvalue weighted by atomic mass is 10.2. The summed E-state index contributed by atoms with van der Waals surface area (Å²) in [6.07, 6.45) is 0. The highest BCUT2D eigenvalue weighted by Crippen LogP contribution is 2.83. The largest absolute Gasteiger partial charge is 0.320 e. The van der Waals surface area contributed by atoms with Crippen LogP contribution in [0.3, 0.4) is 0 Å². The van der Waals surface area contributed by atoms with Crippen LogP contribution in [0.25, 0.3) is 0 Å². The van der Waals surface area contributed by atoms with Crippen molar-refractivity contribution in [1.82, 2.24) is 0 Å². The number of nitrogens with zero attached hydrogens (tertiary/aromatic N) is 1. The van der Waals surface area contributed by atoms with Gasteiger partial charge < -0.3 is 9.05 Å². The van der Waals surface area contributed by atoms with Crippen molar-refractivity contribution in [1.29, 1.82) is 0 Å². The number of rotatable bonds is 9. The number of hydrogen-bond donors (Lipinski definition) is 0. The quantitative estimate of drug-likeness (QED) is 0.471. The highest BCUT2D eigenvalue weighted by atomic mass is 32.2. The van der Waals surface area contributed by atoms with Crippen molar-refractivity contribution >= 4 is 24.8 Å². The van der Waals surface area contributed by atoms with Gasteiger partial charge in [-0.1, -0.05) is 45.4 Å². The molecule has 1 rings (SSSR count). The fourth-order valence-electron chi connectivity index (χ4n) is 2.67. The van der Waals surface area contributed by atoms with E-state index in [4.69, 9.17) is 9.05 Å². The molecule has 1 aromatic rings. The van der Waals surface area contributed by atoms with Crippen LogP contribution in [0.5, 0.6) is 0 Å². The lowest BCUT2D eigenvalue weighted by Gasteiger charge is -2.36. The van der Waals surface area contributed by atoms with Gasteiger partial charge in [-0.15, -0.1) is 4.15 Å².